The maximum Gasteiger partial charge on any atom is 0.341 e. The molecule has 1 N–H and O–H groups in total. The first-order valence-corrected chi connectivity index (χ1v) is 4.78. The predicted molar refractivity (Wildman–Crippen MR) is 57.0 cm³/mol. The Balaban J connectivity index is 2.36. The predicted octanol–water partition coefficient (Wildman–Crippen LogP) is -0.236. The van der Waals surface area contributed by atoms with Crippen LogP contribution in [0.5, 0.6) is 0 Å². The second-order valence-electron chi connectivity index (χ2n) is 3.51. The summed E-state index contributed by atoms with van der Waals surface area (Å²) in [6, 6.07) is 3.15. The quantitative estimate of drug-likeness (QED) is 0.671. The molecule has 82 valence electrons. The summed E-state index contributed by atoms with van der Waals surface area (Å²) in [6.07, 6.45) is 2.43. The molecule has 0 bridgehead atoms. The Kier molecular flexibility index (Phi) is 1.79. The van der Waals surface area contributed by atoms with Gasteiger partial charge in [0.15, 0.2) is 0 Å². The van der Waals surface area contributed by atoms with E-state index in [4.69, 9.17) is 5.11 Å². The van der Waals surface area contributed by atoms with E-state index in [1.165, 1.54) is 12.4 Å². The number of benzene rings is 1. The van der Waals surface area contributed by atoms with Crippen LogP contribution in [0, 0.1) is 0 Å². The summed E-state index contributed by atoms with van der Waals surface area (Å²) in [5, 5.41) is 9.73. The number of rotatable bonds is 1. The van der Waals surface area contributed by atoms with Gasteiger partial charge < -0.3 is 5.11 Å². The second kappa shape index (κ2) is 3.18. The van der Waals surface area contributed by atoms with Crippen molar-refractivity contribution in [2.75, 3.05) is 0 Å². The molecule has 0 saturated heterocycles. The van der Waals surface area contributed by atoms with E-state index in [9.17, 15) is 9.59 Å². The first kappa shape index (κ1) is 9.59. The van der Waals surface area contributed by atoms with Gasteiger partial charge in [-0.2, -0.15) is 0 Å². The Labute approximate surface area is 94.4 Å². The minimum atomic E-state index is -1.28. The van der Waals surface area contributed by atoms with E-state index in [-0.39, 0.29) is 11.1 Å². The summed E-state index contributed by atoms with van der Waals surface area (Å²) in [5.41, 5.74) is 0.543. The fraction of sp³-hybridized carbons (Fsp3) is 0. The molecule has 0 aliphatic carbocycles. The van der Waals surface area contributed by atoms with Crippen LogP contribution < -0.4 is 10.7 Å². The van der Waals surface area contributed by atoms with Crippen molar-refractivity contribution < 1.29 is 14.7 Å². The number of Topliss-reactive ketones (excluding diaryl/α,β-unsaturated/α-hetero) is 1. The van der Waals surface area contributed by atoms with E-state index < -0.39 is 11.8 Å². The lowest BCUT2D eigenvalue weighted by Crippen LogP contribution is -2.34. The Morgan fingerprint density at radius 2 is 2.00 bits per heavy atom. The third-order valence-corrected chi connectivity index (χ3v) is 2.56. The molecule has 2 aliphatic heterocycles. The molecule has 0 aromatic heterocycles. The monoisotopic (exact) mass is 227 g/mol. The molecule has 3 rings (SSSR count). The fourth-order valence-corrected chi connectivity index (χ4v) is 1.75. The van der Waals surface area contributed by atoms with Crippen LogP contribution in [0.2, 0.25) is 0 Å². The van der Waals surface area contributed by atoms with E-state index in [0.717, 1.165) is 6.20 Å². The average molecular weight is 227 g/mol. The summed E-state index contributed by atoms with van der Waals surface area (Å²) in [5.74, 6) is -1.83. The summed E-state index contributed by atoms with van der Waals surface area (Å²) in [7, 11) is 0. The summed E-state index contributed by atoms with van der Waals surface area (Å²) < 4.78 is 0. The molecule has 2 aliphatic rings. The van der Waals surface area contributed by atoms with Crippen LogP contribution >= 0.6 is 0 Å². The number of carboxylic acid groups (broad SMARTS) is 1. The lowest BCUT2D eigenvalue weighted by atomic mass is 10.0. The van der Waals surface area contributed by atoms with Gasteiger partial charge in [-0.15, -0.1) is 0 Å². The van der Waals surface area contributed by atoms with Crippen molar-refractivity contribution in [3.63, 3.8) is 0 Å². The van der Waals surface area contributed by atoms with Crippen molar-refractivity contribution in [1.82, 2.24) is 0 Å². The van der Waals surface area contributed by atoms with Crippen LogP contribution in [-0.2, 0) is 4.79 Å². The first-order chi connectivity index (χ1) is 8.18. The van der Waals surface area contributed by atoms with Gasteiger partial charge in [-0.1, -0.05) is 0 Å². The number of hydrogen-bond acceptors (Lipinski definition) is 5. The SMILES string of the molecule is O=C(O)C1=CN=c2c(ccc3c2=NC=N3)C1=O. The molecule has 0 spiro atoms. The fourth-order valence-electron chi connectivity index (χ4n) is 1.75. The molecule has 0 radical (unpaired) electrons. The lowest BCUT2D eigenvalue weighted by molar-refractivity contribution is -0.132. The number of ketones is 1. The number of aliphatic carboxylic acids is 1. The van der Waals surface area contributed by atoms with Crippen LogP contribution in [0.3, 0.4) is 0 Å². The van der Waals surface area contributed by atoms with Crippen molar-refractivity contribution in [1.29, 1.82) is 0 Å². The van der Waals surface area contributed by atoms with Crippen molar-refractivity contribution in [2.45, 2.75) is 0 Å². The highest BCUT2D eigenvalue weighted by Crippen LogP contribution is 2.12. The number of carboxylic acids is 1. The first-order valence-electron chi connectivity index (χ1n) is 4.78. The second-order valence-corrected chi connectivity index (χ2v) is 3.51. The molecule has 1 aromatic carbocycles. The standard InChI is InChI=1S/C11H5N3O3/c15-10-5-1-2-7-9(14-4-13-7)8(5)12-3-6(10)11(16)17/h1-4H,(H,16,17). The van der Waals surface area contributed by atoms with Crippen LogP contribution in [0.25, 0.3) is 0 Å². The number of aliphatic imine (C=N–C) groups is 1. The van der Waals surface area contributed by atoms with Gasteiger partial charge in [0.05, 0.1) is 11.3 Å². The van der Waals surface area contributed by atoms with Gasteiger partial charge in [0, 0.05) is 6.20 Å². The molecule has 17 heavy (non-hydrogen) atoms. The molecule has 0 saturated carbocycles. The largest absolute Gasteiger partial charge is 0.477 e. The molecule has 6 heteroatoms. The van der Waals surface area contributed by atoms with Crippen molar-refractivity contribution >= 4 is 23.8 Å². The van der Waals surface area contributed by atoms with Gasteiger partial charge in [-0.05, 0) is 12.1 Å². The molecule has 0 atom stereocenters. The van der Waals surface area contributed by atoms with E-state index in [1.54, 1.807) is 6.07 Å². The Hall–Kier alpha value is -2.63. The van der Waals surface area contributed by atoms with E-state index in [0.29, 0.717) is 16.4 Å². The van der Waals surface area contributed by atoms with Gasteiger partial charge in [0.1, 0.15) is 22.6 Å². The van der Waals surface area contributed by atoms with Crippen molar-refractivity contribution in [3.05, 3.63) is 40.2 Å². The zero-order valence-electron chi connectivity index (χ0n) is 8.41. The highest BCUT2D eigenvalue weighted by molar-refractivity contribution is 6.24. The minimum Gasteiger partial charge on any atom is -0.477 e. The number of carbonyl (C=O) groups is 2. The van der Waals surface area contributed by atoms with Crippen LogP contribution in [0.15, 0.2) is 38.9 Å². The zero-order valence-corrected chi connectivity index (χ0v) is 8.41. The van der Waals surface area contributed by atoms with Gasteiger partial charge in [0.25, 0.3) is 0 Å². The average Bonchev–Trinajstić information content (AvgIpc) is 2.77. The number of nitrogens with zero attached hydrogens (tertiary/aromatic N) is 3. The van der Waals surface area contributed by atoms with Crippen LogP contribution in [0.4, 0.5) is 5.69 Å². The van der Waals surface area contributed by atoms with Gasteiger partial charge in [0.2, 0.25) is 5.78 Å². The summed E-state index contributed by atoms with van der Waals surface area (Å²) in [4.78, 5) is 34.6. The molecule has 0 fully saturated rings. The number of fused-ring (bicyclic) bond motifs is 3. The Morgan fingerprint density at radius 1 is 1.18 bits per heavy atom. The highest BCUT2D eigenvalue weighted by Gasteiger charge is 2.24. The smallest absolute Gasteiger partial charge is 0.341 e. The molecular weight excluding hydrogens is 222 g/mol. The lowest BCUT2D eigenvalue weighted by Gasteiger charge is -2.06. The Bertz CT molecular complexity index is 744. The molecule has 0 unspecified atom stereocenters. The van der Waals surface area contributed by atoms with E-state index >= 15 is 0 Å². The maximum absolute atomic E-state index is 11.9. The molecule has 2 heterocycles. The third-order valence-electron chi connectivity index (χ3n) is 2.56. The molecular formula is C11H5N3O3. The van der Waals surface area contributed by atoms with Crippen molar-refractivity contribution in [3.8, 4) is 0 Å². The maximum atomic E-state index is 11.9. The zero-order chi connectivity index (χ0) is 12.0. The molecule has 0 amide bonds. The third kappa shape index (κ3) is 1.24. The topological polar surface area (TPSA) is 91.4 Å². The minimum absolute atomic E-state index is 0.248. The van der Waals surface area contributed by atoms with E-state index in [1.807, 2.05) is 0 Å². The van der Waals surface area contributed by atoms with Crippen molar-refractivity contribution in [2.24, 2.45) is 15.0 Å². The van der Waals surface area contributed by atoms with Crippen LogP contribution in [-0.4, -0.2) is 23.2 Å². The normalized spacial score (nSPS) is 15.5. The number of hydrogen-bond donors (Lipinski definition) is 1. The Morgan fingerprint density at radius 3 is 2.76 bits per heavy atom. The van der Waals surface area contributed by atoms with E-state index in [2.05, 4.69) is 15.0 Å². The summed E-state index contributed by atoms with van der Waals surface area (Å²) in [6.45, 7) is 0. The van der Waals surface area contributed by atoms with Gasteiger partial charge >= 0.3 is 5.97 Å². The highest BCUT2D eigenvalue weighted by atomic mass is 16.4. The number of carbonyl (C=O) groups excluding carboxylic acids is 1. The summed E-state index contributed by atoms with van der Waals surface area (Å²) >= 11 is 0. The van der Waals surface area contributed by atoms with Gasteiger partial charge in [-0.3, -0.25) is 9.79 Å². The molecule has 6 nitrogen and oxygen atoms in total. The molecule has 1 aromatic rings. The van der Waals surface area contributed by atoms with Crippen LogP contribution in [0.1, 0.15) is 10.4 Å². The van der Waals surface area contributed by atoms with Gasteiger partial charge in [-0.25, -0.2) is 14.8 Å².